The van der Waals surface area contributed by atoms with E-state index in [9.17, 15) is 13.6 Å². The van der Waals surface area contributed by atoms with Crippen LogP contribution in [-0.2, 0) is 17.8 Å². The van der Waals surface area contributed by atoms with Crippen molar-refractivity contribution in [1.29, 1.82) is 0 Å². The number of aryl methyl sites for hydroxylation is 1. The molecule has 1 atom stereocenters. The third kappa shape index (κ3) is 3.59. The molecule has 0 spiro atoms. The van der Waals surface area contributed by atoms with E-state index in [1.54, 1.807) is 6.92 Å². The van der Waals surface area contributed by atoms with Gasteiger partial charge in [0.2, 0.25) is 0 Å². The Morgan fingerprint density at radius 1 is 1.43 bits per heavy atom. The lowest BCUT2D eigenvalue weighted by Crippen LogP contribution is -2.15. The zero-order valence-corrected chi connectivity index (χ0v) is 11.3. The van der Waals surface area contributed by atoms with Crippen molar-refractivity contribution in [3.05, 3.63) is 41.2 Å². The van der Waals surface area contributed by atoms with Crippen LogP contribution in [0.3, 0.4) is 0 Å². The standard InChI is InChI=1S/C13H14F2N4O2/c1-8(13(20)21)5-6-19-11(16-17-18-19)7-9-3-2-4-10(14)12(9)15/h2-4,8H,5-7H2,1H3,(H,20,21). The molecule has 0 aliphatic carbocycles. The highest BCUT2D eigenvalue weighted by Gasteiger charge is 2.15. The molecule has 0 amide bonds. The maximum Gasteiger partial charge on any atom is 0.306 e. The van der Waals surface area contributed by atoms with Gasteiger partial charge in [0.15, 0.2) is 17.5 Å². The monoisotopic (exact) mass is 296 g/mol. The van der Waals surface area contributed by atoms with Gasteiger partial charge in [-0.2, -0.15) is 0 Å². The summed E-state index contributed by atoms with van der Waals surface area (Å²) in [5, 5.41) is 19.8. The van der Waals surface area contributed by atoms with Crippen LogP contribution in [0.1, 0.15) is 24.7 Å². The van der Waals surface area contributed by atoms with Gasteiger partial charge in [0, 0.05) is 13.0 Å². The summed E-state index contributed by atoms with van der Waals surface area (Å²) in [5.74, 6) is -2.93. The SMILES string of the molecule is CC(CCn1nnnc1Cc1cccc(F)c1F)C(=O)O. The molecule has 2 rings (SSSR count). The van der Waals surface area contributed by atoms with Gasteiger partial charge >= 0.3 is 5.97 Å². The number of hydrogen-bond acceptors (Lipinski definition) is 4. The largest absolute Gasteiger partial charge is 0.481 e. The molecule has 1 aromatic heterocycles. The molecule has 112 valence electrons. The van der Waals surface area contributed by atoms with Gasteiger partial charge in [-0.25, -0.2) is 13.5 Å². The van der Waals surface area contributed by atoms with Gasteiger partial charge in [-0.15, -0.1) is 5.10 Å². The predicted octanol–water partition coefficient (Wildman–Crippen LogP) is 1.65. The second kappa shape index (κ2) is 6.38. The van der Waals surface area contributed by atoms with Crippen LogP contribution in [-0.4, -0.2) is 31.3 Å². The van der Waals surface area contributed by atoms with Crippen molar-refractivity contribution in [3.63, 3.8) is 0 Å². The molecule has 0 fully saturated rings. The fourth-order valence-corrected chi connectivity index (χ4v) is 1.82. The minimum absolute atomic E-state index is 0.0397. The van der Waals surface area contributed by atoms with Crippen LogP contribution in [0.4, 0.5) is 8.78 Å². The van der Waals surface area contributed by atoms with Gasteiger partial charge < -0.3 is 5.11 Å². The Labute approximate surface area is 119 Å². The molecule has 1 heterocycles. The number of hydrogen-bond donors (Lipinski definition) is 1. The van der Waals surface area contributed by atoms with Crippen molar-refractivity contribution < 1.29 is 18.7 Å². The van der Waals surface area contributed by atoms with E-state index in [1.165, 1.54) is 16.8 Å². The molecule has 0 aliphatic rings. The van der Waals surface area contributed by atoms with E-state index in [0.29, 0.717) is 18.8 Å². The van der Waals surface area contributed by atoms with E-state index in [4.69, 9.17) is 5.11 Å². The number of carboxylic acid groups (broad SMARTS) is 1. The van der Waals surface area contributed by atoms with Crippen LogP contribution in [0.15, 0.2) is 18.2 Å². The molecule has 8 heteroatoms. The zero-order chi connectivity index (χ0) is 15.4. The Bertz CT molecular complexity index is 645. The molecule has 2 aromatic rings. The highest BCUT2D eigenvalue weighted by atomic mass is 19.2. The summed E-state index contributed by atoms with van der Waals surface area (Å²) in [6.45, 7) is 1.88. The first-order valence-corrected chi connectivity index (χ1v) is 6.39. The number of aliphatic carboxylic acids is 1. The quantitative estimate of drug-likeness (QED) is 0.876. The topological polar surface area (TPSA) is 80.9 Å². The van der Waals surface area contributed by atoms with Gasteiger partial charge in [0.25, 0.3) is 0 Å². The van der Waals surface area contributed by atoms with E-state index in [0.717, 1.165) is 6.07 Å². The highest BCUT2D eigenvalue weighted by molar-refractivity contribution is 5.69. The van der Waals surface area contributed by atoms with Crippen LogP contribution < -0.4 is 0 Å². The first-order chi connectivity index (χ1) is 9.99. The molecule has 0 aliphatic heterocycles. The number of halogens is 2. The minimum Gasteiger partial charge on any atom is -0.481 e. The highest BCUT2D eigenvalue weighted by Crippen LogP contribution is 2.15. The smallest absolute Gasteiger partial charge is 0.306 e. The molecule has 1 aromatic carbocycles. The maximum absolute atomic E-state index is 13.6. The summed E-state index contributed by atoms with van der Waals surface area (Å²) in [6, 6.07) is 3.90. The van der Waals surface area contributed by atoms with E-state index < -0.39 is 23.5 Å². The molecule has 1 N–H and O–H groups in total. The number of tetrazole rings is 1. The van der Waals surface area contributed by atoms with Crippen molar-refractivity contribution in [2.24, 2.45) is 5.92 Å². The second-order valence-corrected chi connectivity index (χ2v) is 4.74. The number of aromatic nitrogens is 4. The summed E-state index contributed by atoms with van der Waals surface area (Å²) in [7, 11) is 0. The van der Waals surface area contributed by atoms with Gasteiger partial charge in [0.05, 0.1) is 5.92 Å². The van der Waals surface area contributed by atoms with Crippen LogP contribution in [0, 0.1) is 17.6 Å². The second-order valence-electron chi connectivity index (χ2n) is 4.74. The van der Waals surface area contributed by atoms with E-state index in [-0.39, 0.29) is 12.0 Å². The minimum atomic E-state index is -0.925. The van der Waals surface area contributed by atoms with Gasteiger partial charge in [-0.3, -0.25) is 4.79 Å². The maximum atomic E-state index is 13.6. The Kier molecular flexibility index (Phi) is 4.56. The van der Waals surface area contributed by atoms with Crippen LogP contribution >= 0.6 is 0 Å². The van der Waals surface area contributed by atoms with E-state index >= 15 is 0 Å². The fourth-order valence-electron chi connectivity index (χ4n) is 1.82. The van der Waals surface area contributed by atoms with E-state index in [1.807, 2.05) is 0 Å². The number of carboxylic acids is 1. The molecule has 0 bridgehead atoms. The lowest BCUT2D eigenvalue weighted by molar-refractivity contribution is -0.141. The number of rotatable bonds is 6. The Hall–Kier alpha value is -2.38. The van der Waals surface area contributed by atoms with Gasteiger partial charge in [0.1, 0.15) is 0 Å². The van der Waals surface area contributed by atoms with Crippen molar-refractivity contribution >= 4 is 5.97 Å². The third-order valence-corrected chi connectivity index (χ3v) is 3.18. The van der Waals surface area contributed by atoms with Crippen molar-refractivity contribution in [1.82, 2.24) is 20.2 Å². The number of benzene rings is 1. The zero-order valence-electron chi connectivity index (χ0n) is 11.3. The first-order valence-electron chi connectivity index (χ1n) is 6.39. The first kappa shape index (κ1) is 15.0. The summed E-state index contributed by atoms with van der Waals surface area (Å²) in [4.78, 5) is 10.8. The molecular formula is C13H14F2N4O2. The summed E-state index contributed by atoms with van der Waals surface area (Å²) in [5.41, 5.74) is 0.150. The normalized spacial score (nSPS) is 12.3. The molecule has 21 heavy (non-hydrogen) atoms. The Morgan fingerprint density at radius 3 is 2.90 bits per heavy atom. The summed E-state index contributed by atoms with van der Waals surface area (Å²) in [6.07, 6.45) is 0.386. The lowest BCUT2D eigenvalue weighted by atomic mass is 10.1. The van der Waals surface area contributed by atoms with Crippen LogP contribution in [0.2, 0.25) is 0 Å². The average Bonchev–Trinajstić information content (AvgIpc) is 2.88. The van der Waals surface area contributed by atoms with Gasteiger partial charge in [-0.1, -0.05) is 19.1 Å². The number of nitrogens with zero attached hydrogens (tertiary/aromatic N) is 4. The average molecular weight is 296 g/mol. The van der Waals surface area contributed by atoms with Crippen LogP contribution in [0.25, 0.3) is 0 Å². The number of carbonyl (C=O) groups is 1. The van der Waals surface area contributed by atoms with E-state index in [2.05, 4.69) is 15.5 Å². The molecule has 0 saturated heterocycles. The molecule has 6 nitrogen and oxygen atoms in total. The van der Waals surface area contributed by atoms with Gasteiger partial charge in [-0.05, 0) is 28.5 Å². The molecule has 0 radical (unpaired) electrons. The Morgan fingerprint density at radius 2 is 2.19 bits per heavy atom. The summed E-state index contributed by atoms with van der Waals surface area (Å²) >= 11 is 0. The lowest BCUT2D eigenvalue weighted by Gasteiger charge is -2.08. The van der Waals surface area contributed by atoms with Crippen molar-refractivity contribution in [2.75, 3.05) is 0 Å². The molecule has 1 unspecified atom stereocenters. The van der Waals surface area contributed by atoms with Crippen LogP contribution in [0.5, 0.6) is 0 Å². The van der Waals surface area contributed by atoms with Crippen molar-refractivity contribution in [2.45, 2.75) is 26.3 Å². The Balaban J connectivity index is 2.10. The fraction of sp³-hybridized carbons (Fsp3) is 0.385. The molecular weight excluding hydrogens is 282 g/mol. The van der Waals surface area contributed by atoms with Crippen molar-refractivity contribution in [3.8, 4) is 0 Å². The summed E-state index contributed by atoms with van der Waals surface area (Å²) < 4.78 is 28.2. The third-order valence-electron chi connectivity index (χ3n) is 3.18. The predicted molar refractivity (Wildman–Crippen MR) is 68.4 cm³/mol. The molecule has 0 saturated carbocycles.